The summed E-state index contributed by atoms with van der Waals surface area (Å²) in [5.41, 5.74) is 11.5. The van der Waals surface area contributed by atoms with Crippen LogP contribution in [0.15, 0.2) is 48.5 Å². The lowest BCUT2D eigenvalue weighted by Crippen LogP contribution is -2.44. The molecule has 3 aliphatic carbocycles. The highest BCUT2D eigenvalue weighted by atomic mass is 16.2. The SMILES string of the molecule is C[C@@H](N)C(=O)NCC1CC2c3ccccc3C1c1ccccc12. The fourth-order valence-electron chi connectivity index (χ4n) is 4.35. The highest BCUT2D eigenvalue weighted by Crippen LogP contribution is 2.54. The second-order valence-electron chi connectivity index (χ2n) is 6.82. The summed E-state index contributed by atoms with van der Waals surface area (Å²) in [5, 5.41) is 3.03. The number of hydrogen-bond donors (Lipinski definition) is 2. The molecule has 0 radical (unpaired) electrons. The Labute approximate surface area is 136 Å². The second kappa shape index (κ2) is 5.50. The summed E-state index contributed by atoms with van der Waals surface area (Å²) in [7, 11) is 0. The van der Waals surface area contributed by atoms with Gasteiger partial charge < -0.3 is 11.1 Å². The van der Waals surface area contributed by atoms with Crippen molar-refractivity contribution in [1.82, 2.24) is 5.32 Å². The summed E-state index contributed by atoms with van der Waals surface area (Å²) < 4.78 is 0. The molecule has 2 aromatic rings. The second-order valence-corrected chi connectivity index (χ2v) is 6.82. The van der Waals surface area contributed by atoms with Crippen LogP contribution in [-0.4, -0.2) is 18.5 Å². The number of amides is 1. The van der Waals surface area contributed by atoms with Crippen LogP contribution in [0.3, 0.4) is 0 Å². The Bertz CT molecular complexity index is 705. The molecule has 0 spiro atoms. The van der Waals surface area contributed by atoms with Gasteiger partial charge >= 0.3 is 0 Å². The minimum absolute atomic E-state index is 0.0620. The molecule has 0 saturated carbocycles. The van der Waals surface area contributed by atoms with E-state index in [1.807, 2.05) is 0 Å². The van der Waals surface area contributed by atoms with E-state index in [9.17, 15) is 4.79 Å². The number of benzene rings is 2. The van der Waals surface area contributed by atoms with Crippen LogP contribution in [0.1, 0.15) is 47.4 Å². The topological polar surface area (TPSA) is 55.1 Å². The van der Waals surface area contributed by atoms with Crippen molar-refractivity contribution in [2.45, 2.75) is 31.2 Å². The molecule has 2 bridgehead atoms. The number of nitrogens with one attached hydrogen (secondary N) is 1. The summed E-state index contributed by atoms with van der Waals surface area (Å²) in [4.78, 5) is 11.8. The maximum Gasteiger partial charge on any atom is 0.236 e. The largest absolute Gasteiger partial charge is 0.354 e. The molecular weight excluding hydrogens is 284 g/mol. The van der Waals surface area contributed by atoms with Crippen LogP contribution in [0.25, 0.3) is 0 Å². The highest BCUT2D eigenvalue weighted by Gasteiger charge is 2.42. The zero-order valence-corrected chi connectivity index (χ0v) is 13.3. The number of rotatable bonds is 3. The molecule has 118 valence electrons. The number of fused-ring (bicyclic) bond motifs is 1. The van der Waals surface area contributed by atoms with Gasteiger partial charge in [-0.25, -0.2) is 0 Å². The van der Waals surface area contributed by atoms with Crippen LogP contribution < -0.4 is 11.1 Å². The number of carbonyl (C=O) groups excluding carboxylic acids is 1. The van der Waals surface area contributed by atoms with Crippen LogP contribution in [0.5, 0.6) is 0 Å². The zero-order valence-electron chi connectivity index (χ0n) is 13.3. The van der Waals surface area contributed by atoms with E-state index >= 15 is 0 Å². The van der Waals surface area contributed by atoms with Crippen molar-refractivity contribution in [3.8, 4) is 0 Å². The monoisotopic (exact) mass is 306 g/mol. The first kappa shape index (κ1) is 14.5. The van der Waals surface area contributed by atoms with Gasteiger partial charge in [0.05, 0.1) is 6.04 Å². The first-order valence-corrected chi connectivity index (χ1v) is 8.37. The van der Waals surface area contributed by atoms with E-state index in [4.69, 9.17) is 5.73 Å². The van der Waals surface area contributed by atoms with Crippen molar-refractivity contribution < 1.29 is 4.79 Å². The third-order valence-electron chi connectivity index (χ3n) is 5.37. The van der Waals surface area contributed by atoms with E-state index < -0.39 is 6.04 Å². The lowest BCUT2D eigenvalue weighted by atomic mass is 9.59. The molecule has 1 amide bonds. The normalized spacial score (nSPS) is 25.4. The van der Waals surface area contributed by atoms with E-state index in [1.54, 1.807) is 6.92 Å². The fraction of sp³-hybridized carbons (Fsp3) is 0.350. The van der Waals surface area contributed by atoms with Crippen molar-refractivity contribution in [2.75, 3.05) is 6.54 Å². The molecule has 3 nitrogen and oxygen atoms in total. The molecular formula is C20H22N2O. The molecule has 2 aromatic carbocycles. The van der Waals surface area contributed by atoms with E-state index in [1.165, 1.54) is 22.3 Å². The lowest BCUT2D eigenvalue weighted by Gasteiger charge is -2.45. The first-order chi connectivity index (χ1) is 11.2. The third kappa shape index (κ3) is 2.27. The summed E-state index contributed by atoms with van der Waals surface area (Å²) >= 11 is 0. The molecule has 3 heteroatoms. The molecule has 23 heavy (non-hydrogen) atoms. The predicted octanol–water partition coefficient (Wildman–Crippen LogP) is 2.75. The summed E-state index contributed by atoms with van der Waals surface area (Å²) in [6, 6.07) is 17.1. The quantitative estimate of drug-likeness (QED) is 0.916. The Morgan fingerprint density at radius 3 is 2.13 bits per heavy atom. The van der Waals surface area contributed by atoms with Gasteiger partial charge in [-0.3, -0.25) is 4.79 Å². The fourth-order valence-corrected chi connectivity index (χ4v) is 4.35. The molecule has 3 aliphatic rings. The summed E-state index contributed by atoms with van der Waals surface area (Å²) in [5.74, 6) is 1.20. The average molecular weight is 306 g/mol. The number of hydrogen-bond acceptors (Lipinski definition) is 2. The minimum Gasteiger partial charge on any atom is -0.354 e. The minimum atomic E-state index is -0.449. The molecule has 0 saturated heterocycles. The van der Waals surface area contributed by atoms with Crippen LogP contribution >= 0.6 is 0 Å². The van der Waals surface area contributed by atoms with Crippen molar-refractivity contribution in [3.63, 3.8) is 0 Å². The average Bonchev–Trinajstić information content (AvgIpc) is 2.59. The molecule has 1 unspecified atom stereocenters. The van der Waals surface area contributed by atoms with Gasteiger partial charge in [0.25, 0.3) is 0 Å². The Balaban J connectivity index is 1.70. The van der Waals surface area contributed by atoms with E-state index in [0.717, 1.165) is 6.42 Å². The van der Waals surface area contributed by atoms with Gasteiger partial charge in [-0.1, -0.05) is 48.5 Å². The van der Waals surface area contributed by atoms with Crippen LogP contribution in [0.4, 0.5) is 0 Å². The maximum absolute atomic E-state index is 11.8. The van der Waals surface area contributed by atoms with E-state index in [0.29, 0.717) is 24.3 Å². The molecule has 0 aliphatic heterocycles. The van der Waals surface area contributed by atoms with Crippen molar-refractivity contribution in [2.24, 2.45) is 11.7 Å². The first-order valence-electron chi connectivity index (χ1n) is 8.37. The van der Waals surface area contributed by atoms with Gasteiger partial charge in [-0.05, 0) is 41.5 Å². The van der Waals surface area contributed by atoms with Gasteiger partial charge in [0.2, 0.25) is 5.91 Å². The van der Waals surface area contributed by atoms with Crippen LogP contribution in [0.2, 0.25) is 0 Å². The Morgan fingerprint density at radius 1 is 1.09 bits per heavy atom. The lowest BCUT2D eigenvalue weighted by molar-refractivity contribution is -0.122. The van der Waals surface area contributed by atoms with Crippen LogP contribution in [0, 0.1) is 5.92 Å². The maximum atomic E-state index is 11.8. The molecule has 2 atom stereocenters. The highest BCUT2D eigenvalue weighted by molar-refractivity contribution is 5.81. The van der Waals surface area contributed by atoms with Crippen molar-refractivity contribution in [3.05, 3.63) is 70.8 Å². The molecule has 5 rings (SSSR count). The van der Waals surface area contributed by atoms with Crippen molar-refractivity contribution in [1.29, 1.82) is 0 Å². The van der Waals surface area contributed by atoms with E-state index in [2.05, 4.69) is 53.8 Å². The van der Waals surface area contributed by atoms with Gasteiger partial charge in [0.1, 0.15) is 0 Å². The molecule has 0 fully saturated rings. The Morgan fingerprint density at radius 2 is 1.61 bits per heavy atom. The van der Waals surface area contributed by atoms with Gasteiger partial charge in [0.15, 0.2) is 0 Å². The Hall–Kier alpha value is -2.13. The summed E-state index contributed by atoms with van der Waals surface area (Å²) in [6.45, 7) is 2.43. The third-order valence-corrected chi connectivity index (χ3v) is 5.37. The van der Waals surface area contributed by atoms with E-state index in [-0.39, 0.29) is 5.91 Å². The molecule has 0 aromatic heterocycles. The predicted molar refractivity (Wildman–Crippen MR) is 91.3 cm³/mol. The van der Waals surface area contributed by atoms with Gasteiger partial charge in [-0.15, -0.1) is 0 Å². The number of carbonyl (C=O) groups is 1. The standard InChI is InChI=1S/C20H22N2O/c1-12(21)20(23)22-11-13-10-18-14-6-2-4-8-16(14)19(13)17-9-5-3-7-15(17)18/h2-9,12-13,18-19H,10-11,21H2,1H3,(H,22,23)/t12-,13?,18?,19?/m1/s1. The summed E-state index contributed by atoms with van der Waals surface area (Å²) in [6.07, 6.45) is 1.10. The molecule has 0 heterocycles. The molecule has 3 N–H and O–H groups in total. The smallest absolute Gasteiger partial charge is 0.236 e. The number of nitrogens with two attached hydrogens (primary N) is 1. The zero-order chi connectivity index (χ0) is 16.0. The van der Waals surface area contributed by atoms with Crippen LogP contribution in [-0.2, 0) is 4.79 Å². The Kier molecular flexibility index (Phi) is 3.46. The van der Waals surface area contributed by atoms with Crippen molar-refractivity contribution >= 4 is 5.91 Å². The van der Waals surface area contributed by atoms with Gasteiger partial charge in [0, 0.05) is 18.4 Å². The van der Waals surface area contributed by atoms with Gasteiger partial charge in [-0.2, -0.15) is 0 Å².